The van der Waals surface area contributed by atoms with Crippen molar-refractivity contribution in [3.8, 4) is 0 Å². The number of aryl methyl sites for hydroxylation is 1. The molecule has 2 rings (SSSR count). The van der Waals surface area contributed by atoms with Crippen molar-refractivity contribution in [1.29, 1.82) is 0 Å². The van der Waals surface area contributed by atoms with Crippen LogP contribution in [0.25, 0.3) is 0 Å². The van der Waals surface area contributed by atoms with Gasteiger partial charge in [0.1, 0.15) is 0 Å². The highest BCUT2D eigenvalue weighted by Gasteiger charge is 2.23. The number of rotatable bonds is 5. The molecule has 0 aliphatic heterocycles. The molecule has 0 amide bonds. The Balaban J connectivity index is 2.15. The van der Waals surface area contributed by atoms with Crippen molar-refractivity contribution < 1.29 is 8.42 Å². The molecule has 0 fully saturated rings. The number of likely N-dealkylation sites (N-methyl/N-ethyl adjacent to an activating group) is 1. The molecule has 2 aromatic carbocycles. The zero-order chi connectivity index (χ0) is 16.3. The highest BCUT2D eigenvalue weighted by Crippen LogP contribution is 2.27. The monoisotopic (exact) mass is 445 g/mol. The summed E-state index contributed by atoms with van der Waals surface area (Å²) in [6.07, 6.45) is 0. The van der Waals surface area contributed by atoms with Crippen LogP contribution in [-0.4, -0.2) is 26.3 Å². The number of alkyl halides is 1. The van der Waals surface area contributed by atoms with Gasteiger partial charge in [-0.15, -0.1) is 0 Å². The lowest BCUT2D eigenvalue weighted by molar-refractivity contribution is 0.471. The van der Waals surface area contributed by atoms with Crippen molar-refractivity contribution >= 4 is 41.9 Å². The van der Waals surface area contributed by atoms with Crippen molar-refractivity contribution in [3.63, 3.8) is 0 Å². The van der Waals surface area contributed by atoms with E-state index in [1.165, 1.54) is 4.31 Å². The Hall–Kier alpha value is -0.690. The maximum atomic E-state index is 12.6. The summed E-state index contributed by atoms with van der Waals surface area (Å²) in [6, 6.07) is 14.7. The number of halogens is 2. The molecule has 0 saturated carbocycles. The third-order valence-corrected chi connectivity index (χ3v) is 6.56. The fraction of sp³-hybridized carbons (Fsp3) is 0.250. The summed E-state index contributed by atoms with van der Waals surface area (Å²) >= 11 is 6.96. The van der Waals surface area contributed by atoms with Gasteiger partial charge in [-0.2, -0.15) is 4.31 Å². The number of nitrogens with zero attached hydrogens (tertiary/aromatic N) is 1. The third-order valence-electron chi connectivity index (χ3n) is 3.38. The Labute approximate surface area is 148 Å². The van der Waals surface area contributed by atoms with Crippen LogP contribution in [0.4, 0.5) is 0 Å². The Kier molecular flexibility index (Phi) is 5.82. The Morgan fingerprint density at radius 1 is 1.05 bits per heavy atom. The van der Waals surface area contributed by atoms with Gasteiger partial charge in [0.05, 0.1) is 9.72 Å². The van der Waals surface area contributed by atoms with E-state index in [9.17, 15) is 8.42 Å². The van der Waals surface area contributed by atoms with Gasteiger partial charge in [-0.3, -0.25) is 0 Å². The number of hydrogen-bond donors (Lipinski definition) is 0. The van der Waals surface area contributed by atoms with E-state index in [1.54, 1.807) is 31.3 Å². The molecule has 118 valence electrons. The first-order chi connectivity index (χ1) is 10.3. The van der Waals surface area contributed by atoms with Crippen molar-refractivity contribution in [2.24, 2.45) is 0 Å². The lowest BCUT2D eigenvalue weighted by Crippen LogP contribution is -2.29. The second kappa shape index (κ2) is 7.25. The van der Waals surface area contributed by atoms with Crippen LogP contribution in [0.1, 0.15) is 16.0 Å². The fourth-order valence-electron chi connectivity index (χ4n) is 1.99. The average Bonchev–Trinajstić information content (AvgIpc) is 2.48. The molecule has 0 aromatic heterocycles. The predicted octanol–water partition coefficient (Wildman–Crippen LogP) is 4.51. The molecule has 1 atom stereocenters. The highest BCUT2D eigenvalue weighted by molar-refractivity contribution is 9.10. The van der Waals surface area contributed by atoms with Crippen LogP contribution in [0.15, 0.2) is 57.9 Å². The van der Waals surface area contributed by atoms with Crippen molar-refractivity contribution in [3.05, 3.63) is 64.1 Å². The predicted molar refractivity (Wildman–Crippen MR) is 96.8 cm³/mol. The first kappa shape index (κ1) is 17.7. The minimum atomic E-state index is -3.47. The van der Waals surface area contributed by atoms with Gasteiger partial charge in [0, 0.05) is 18.1 Å². The molecular formula is C16H17Br2NO2S. The molecule has 22 heavy (non-hydrogen) atoms. The molecule has 3 nitrogen and oxygen atoms in total. The van der Waals surface area contributed by atoms with E-state index < -0.39 is 10.0 Å². The molecule has 0 aliphatic carbocycles. The molecule has 0 bridgehead atoms. The molecule has 0 radical (unpaired) electrons. The zero-order valence-corrected chi connectivity index (χ0v) is 16.3. The average molecular weight is 447 g/mol. The molecule has 6 heteroatoms. The largest absolute Gasteiger partial charge is 0.242 e. The smallest absolute Gasteiger partial charge is 0.207 e. The third kappa shape index (κ3) is 4.19. The van der Waals surface area contributed by atoms with Gasteiger partial charge in [0.25, 0.3) is 0 Å². The van der Waals surface area contributed by atoms with Crippen molar-refractivity contribution in [2.75, 3.05) is 13.6 Å². The Morgan fingerprint density at radius 3 is 2.14 bits per heavy atom. The summed E-state index contributed by atoms with van der Waals surface area (Å²) in [5, 5.41) is 0. The van der Waals surface area contributed by atoms with Crippen LogP contribution in [0, 0.1) is 6.92 Å². The molecule has 0 saturated heterocycles. The Morgan fingerprint density at radius 2 is 1.59 bits per heavy atom. The summed E-state index contributed by atoms with van der Waals surface area (Å²) in [5.41, 5.74) is 2.07. The molecule has 0 heterocycles. The van der Waals surface area contributed by atoms with Crippen molar-refractivity contribution in [2.45, 2.75) is 16.6 Å². The van der Waals surface area contributed by atoms with Crippen molar-refractivity contribution in [1.82, 2.24) is 4.31 Å². The molecule has 0 N–H and O–H groups in total. The highest BCUT2D eigenvalue weighted by atomic mass is 79.9. The van der Waals surface area contributed by atoms with E-state index in [0.29, 0.717) is 11.4 Å². The summed E-state index contributed by atoms with van der Waals surface area (Å²) in [4.78, 5) is 0.252. The first-order valence-electron chi connectivity index (χ1n) is 6.73. The van der Waals surface area contributed by atoms with E-state index in [4.69, 9.17) is 0 Å². The van der Waals surface area contributed by atoms with E-state index in [2.05, 4.69) is 31.9 Å². The second-order valence-electron chi connectivity index (χ2n) is 5.12. The van der Waals surface area contributed by atoms with Crippen LogP contribution in [0.5, 0.6) is 0 Å². The fourth-order valence-corrected chi connectivity index (χ4v) is 4.37. The van der Waals surface area contributed by atoms with Crippen LogP contribution in [0.3, 0.4) is 0 Å². The molecule has 0 spiro atoms. The Bertz CT molecular complexity index is 728. The van der Waals surface area contributed by atoms with Gasteiger partial charge in [0.2, 0.25) is 10.0 Å². The van der Waals surface area contributed by atoms with E-state index in [0.717, 1.165) is 15.6 Å². The summed E-state index contributed by atoms with van der Waals surface area (Å²) in [6.45, 7) is 2.29. The van der Waals surface area contributed by atoms with Crippen LogP contribution in [0.2, 0.25) is 0 Å². The number of benzene rings is 2. The second-order valence-corrected chi connectivity index (χ2v) is 9.18. The van der Waals surface area contributed by atoms with E-state index in [1.807, 2.05) is 31.2 Å². The molecular weight excluding hydrogens is 430 g/mol. The lowest BCUT2D eigenvalue weighted by Gasteiger charge is -2.21. The summed E-state index contributed by atoms with van der Waals surface area (Å²) in [7, 11) is -1.87. The first-order valence-corrected chi connectivity index (χ1v) is 9.88. The van der Waals surface area contributed by atoms with Gasteiger partial charge in [-0.05, 0) is 36.8 Å². The standard InChI is InChI=1S/C16H17Br2NO2S/c1-12-3-9-15(10-4-12)22(20,21)19(2)11-16(18)13-5-7-14(17)8-6-13/h3-10,16H,11H2,1-2H3. The zero-order valence-electron chi connectivity index (χ0n) is 12.3. The van der Waals surface area contributed by atoms with Gasteiger partial charge in [0.15, 0.2) is 0 Å². The van der Waals surface area contributed by atoms with Gasteiger partial charge >= 0.3 is 0 Å². The topological polar surface area (TPSA) is 37.4 Å². The molecule has 1 unspecified atom stereocenters. The normalized spacial score (nSPS) is 13.3. The summed E-state index contributed by atoms with van der Waals surface area (Å²) < 4.78 is 27.5. The van der Waals surface area contributed by atoms with Gasteiger partial charge < -0.3 is 0 Å². The minimum absolute atomic E-state index is 0.0641. The quantitative estimate of drug-likeness (QED) is 0.633. The van der Waals surface area contributed by atoms with Crippen LogP contribution < -0.4 is 0 Å². The number of sulfonamides is 1. The maximum Gasteiger partial charge on any atom is 0.242 e. The molecule has 2 aromatic rings. The van der Waals surface area contributed by atoms with Crippen LogP contribution >= 0.6 is 31.9 Å². The van der Waals surface area contributed by atoms with E-state index in [-0.39, 0.29) is 4.83 Å². The maximum absolute atomic E-state index is 12.6. The SMILES string of the molecule is Cc1ccc(S(=O)(=O)N(C)CC(Br)c2ccc(Br)cc2)cc1. The van der Waals surface area contributed by atoms with E-state index >= 15 is 0 Å². The van der Waals surface area contributed by atoms with Crippen LogP contribution in [-0.2, 0) is 10.0 Å². The minimum Gasteiger partial charge on any atom is -0.207 e. The molecule has 0 aliphatic rings. The lowest BCUT2D eigenvalue weighted by atomic mass is 10.1. The van der Waals surface area contributed by atoms with Gasteiger partial charge in [-0.25, -0.2) is 8.42 Å². The van der Waals surface area contributed by atoms with Gasteiger partial charge in [-0.1, -0.05) is 61.7 Å². The number of hydrogen-bond acceptors (Lipinski definition) is 2. The summed E-state index contributed by atoms with van der Waals surface area (Å²) in [5.74, 6) is 0.